The monoisotopic (exact) mass is 360 g/mol. The van der Waals surface area contributed by atoms with Crippen LogP contribution in [-0.4, -0.2) is 17.1 Å². The van der Waals surface area contributed by atoms with Crippen LogP contribution in [0.1, 0.15) is 16.1 Å². The third kappa shape index (κ3) is 3.59. The van der Waals surface area contributed by atoms with Gasteiger partial charge in [-0.1, -0.05) is 51.3 Å². The van der Waals surface area contributed by atoms with Crippen molar-refractivity contribution < 1.29 is 4.74 Å². The summed E-state index contributed by atoms with van der Waals surface area (Å²) in [5, 5.41) is 1.11. The molecule has 0 spiro atoms. The van der Waals surface area contributed by atoms with Gasteiger partial charge in [0, 0.05) is 23.0 Å². The van der Waals surface area contributed by atoms with Crippen molar-refractivity contribution in [2.75, 3.05) is 7.11 Å². The lowest BCUT2D eigenvalue weighted by Gasteiger charge is -2.12. The maximum absolute atomic E-state index is 6.19. The fourth-order valence-corrected chi connectivity index (χ4v) is 2.94. The summed E-state index contributed by atoms with van der Waals surface area (Å²) in [6, 6.07) is 7.37. The normalized spacial score (nSPS) is 12.2. The zero-order chi connectivity index (χ0) is 13.8. The number of alkyl halides is 1. The molecule has 0 saturated carbocycles. The summed E-state index contributed by atoms with van der Waals surface area (Å²) in [5.74, 6) is 0.543. The lowest BCUT2D eigenvalue weighted by atomic mass is 10.1. The Bertz CT molecular complexity index is 580. The van der Waals surface area contributed by atoms with Gasteiger partial charge in [0.15, 0.2) is 0 Å². The number of hydrogen-bond acceptors (Lipinski definition) is 3. The highest BCUT2D eigenvalue weighted by atomic mass is 79.9. The third-order valence-electron chi connectivity index (χ3n) is 2.62. The predicted octanol–water partition coefficient (Wildman–Crippen LogP) is 4.47. The first-order chi connectivity index (χ1) is 9.11. The Balaban J connectivity index is 2.20. The SMILES string of the molecule is COc1cc(CC(Br)c2cccc(Cl)c2Cl)ncn1. The molecule has 2 rings (SSSR count). The largest absolute Gasteiger partial charge is 0.481 e. The van der Waals surface area contributed by atoms with Crippen molar-refractivity contribution in [2.24, 2.45) is 0 Å². The van der Waals surface area contributed by atoms with Crippen LogP contribution in [-0.2, 0) is 6.42 Å². The highest BCUT2D eigenvalue weighted by Gasteiger charge is 2.15. The van der Waals surface area contributed by atoms with E-state index in [2.05, 4.69) is 25.9 Å². The van der Waals surface area contributed by atoms with Crippen molar-refractivity contribution >= 4 is 39.1 Å². The fourth-order valence-electron chi connectivity index (χ4n) is 1.66. The molecule has 6 heteroatoms. The first-order valence-electron chi connectivity index (χ1n) is 5.54. The van der Waals surface area contributed by atoms with Crippen LogP contribution in [0.4, 0.5) is 0 Å². The molecule has 0 amide bonds. The summed E-state index contributed by atoms with van der Waals surface area (Å²) in [4.78, 5) is 8.21. The van der Waals surface area contributed by atoms with Gasteiger partial charge >= 0.3 is 0 Å². The summed E-state index contributed by atoms with van der Waals surface area (Å²) < 4.78 is 5.07. The van der Waals surface area contributed by atoms with Crippen LogP contribution in [0.15, 0.2) is 30.6 Å². The second-order valence-electron chi connectivity index (χ2n) is 3.87. The van der Waals surface area contributed by atoms with Crippen molar-refractivity contribution in [3.05, 3.63) is 51.9 Å². The Labute approximate surface area is 130 Å². The van der Waals surface area contributed by atoms with Gasteiger partial charge in [-0.15, -0.1) is 0 Å². The fraction of sp³-hybridized carbons (Fsp3) is 0.231. The molecule has 1 aromatic carbocycles. The van der Waals surface area contributed by atoms with E-state index in [9.17, 15) is 0 Å². The van der Waals surface area contributed by atoms with Gasteiger partial charge in [0.1, 0.15) is 6.33 Å². The Morgan fingerprint density at radius 2 is 2.11 bits per heavy atom. The minimum atomic E-state index is 0.0262. The van der Waals surface area contributed by atoms with E-state index in [0.717, 1.165) is 11.3 Å². The van der Waals surface area contributed by atoms with Crippen molar-refractivity contribution in [1.82, 2.24) is 9.97 Å². The molecule has 0 fully saturated rings. The number of ether oxygens (including phenoxy) is 1. The molecule has 19 heavy (non-hydrogen) atoms. The molecule has 1 unspecified atom stereocenters. The lowest BCUT2D eigenvalue weighted by Crippen LogP contribution is -2.00. The molecule has 0 aliphatic rings. The summed E-state index contributed by atoms with van der Waals surface area (Å²) in [7, 11) is 1.57. The average Bonchev–Trinajstić information content (AvgIpc) is 2.42. The Hall–Kier alpha value is -0.840. The zero-order valence-electron chi connectivity index (χ0n) is 10.1. The first-order valence-corrected chi connectivity index (χ1v) is 7.22. The van der Waals surface area contributed by atoms with E-state index in [1.807, 2.05) is 12.1 Å². The van der Waals surface area contributed by atoms with Gasteiger partial charge in [0.05, 0.1) is 17.2 Å². The van der Waals surface area contributed by atoms with Gasteiger partial charge in [-0.2, -0.15) is 0 Å². The molecule has 100 valence electrons. The average molecular weight is 362 g/mol. The van der Waals surface area contributed by atoms with Gasteiger partial charge < -0.3 is 4.74 Å². The van der Waals surface area contributed by atoms with Crippen molar-refractivity contribution in [3.8, 4) is 5.88 Å². The van der Waals surface area contributed by atoms with E-state index in [4.69, 9.17) is 27.9 Å². The third-order valence-corrected chi connectivity index (χ3v) is 4.27. The molecule has 3 nitrogen and oxygen atoms in total. The zero-order valence-corrected chi connectivity index (χ0v) is 13.2. The first kappa shape index (κ1) is 14.6. The number of methoxy groups -OCH3 is 1. The van der Waals surface area contributed by atoms with Gasteiger partial charge in [0.2, 0.25) is 5.88 Å². The Kier molecular flexibility index (Phi) is 5.02. The highest BCUT2D eigenvalue weighted by Crippen LogP contribution is 2.35. The van der Waals surface area contributed by atoms with Gasteiger partial charge in [0.25, 0.3) is 0 Å². The highest BCUT2D eigenvalue weighted by molar-refractivity contribution is 9.09. The summed E-state index contributed by atoms with van der Waals surface area (Å²) >= 11 is 15.8. The standard InChI is InChI=1S/C13H11BrCl2N2O/c1-19-12-6-8(17-7-18-12)5-10(14)9-3-2-4-11(15)13(9)16/h2-4,6-7,10H,5H2,1H3. The molecule has 1 aromatic heterocycles. The van der Waals surface area contributed by atoms with Crippen LogP contribution in [0.3, 0.4) is 0 Å². The van der Waals surface area contributed by atoms with E-state index in [-0.39, 0.29) is 4.83 Å². The molecule has 0 aliphatic heterocycles. The van der Waals surface area contributed by atoms with E-state index in [1.54, 1.807) is 19.2 Å². The molecule has 0 aliphatic carbocycles. The smallest absolute Gasteiger partial charge is 0.216 e. The van der Waals surface area contributed by atoms with E-state index in [0.29, 0.717) is 22.3 Å². The number of benzene rings is 1. The number of rotatable bonds is 4. The van der Waals surface area contributed by atoms with Crippen molar-refractivity contribution in [3.63, 3.8) is 0 Å². The topological polar surface area (TPSA) is 35.0 Å². The Morgan fingerprint density at radius 3 is 2.84 bits per heavy atom. The predicted molar refractivity (Wildman–Crippen MR) is 80.4 cm³/mol. The van der Waals surface area contributed by atoms with Crippen LogP contribution in [0.25, 0.3) is 0 Å². The second-order valence-corrected chi connectivity index (χ2v) is 5.76. The minimum Gasteiger partial charge on any atom is -0.481 e. The number of halogens is 3. The number of aromatic nitrogens is 2. The lowest BCUT2D eigenvalue weighted by molar-refractivity contribution is 0.396. The number of nitrogens with zero attached hydrogens (tertiary/aromatic N) is 2. The summed E-state index contributed by atoms with van der Waals surface area (Å²) in [6.45, 7) is 0. The quantitative estimate of drug-likeness (QED) is 0.753. The van der Waals surface area contributed by atoms with E-state index < -0.39 is 0 Å². The summed E-state index contributed by atoms with van der Waals surface area (Å²) in [6.07, 6.45) is 2.15. The Morgan fingerprint density at radius 1 is 1.32 bits per heavy atom. The molecule has 2 aromatic rings. The molecular weight excluding hydrogens is 351 g/mol. The molecule has 0 radical (unpaired) electrons. The van der Waals surface area contributed by atoms with E-state index in [1.165, 1.54) is 6.33 Å². The van der Waals surface area contributed by atoms with Gasteiger partial charge in [-0.3, -0.25) is 0 Å². The van der Waals surface area contributed by atoms with Gasteiger partial charge in [-0.05, 0) is 11.6 Å². The number of hydrogen-bond donors (Lipinski definition) is 0. The minimum absolute atomic E-state index is 0.0262. The van der Waals surface area contributed by atoms with E-state index >= 15 is 0 Å². The molecule has 1 heterocycles. The van der Waals surface area contributed by atoms with Crippen LogP contribution >= 0.6 is 39.1 Å². The van der Waals surface area contributed by atoms with Crippen molar-refractivity contribution in [2.45, 2.75) is 11.2 Å². The summed E-state index contributed by atoms with van der Waals surface area (Å²) in [5.41, 5.74) is 1.80. The molecular formula is C13H11BrCl2N2O. The van der Waals surface area contributed by atoms with Crippen LogP contribution in [0, 0.1) is 0 Å². The van der Waals surface area contributed by atoms with Crippen molar-refractivity contribution in [1.29, 1.82) is 0 Å². The molecule has 0 bridgehead atoms. The van der Waals surface area contributed by atoms with Gasteiger partial charge in [-0.25, -0.2) is 9.97 Å². The molecule has 0 saturated heterocycles. The molecule has 0 N–H and O–H groups in total. The van der Waals surface area contributed by atoms with Crippen LogP contribution in [0.5, 0.6) is 5.88 Å². The maximum Gasteiger partial charge on any atom is 0.216 e. The van der Waals surface area contributed by atoms with Crippen LogP contribution in [0.2, 0.25) is 10.0 Å². The molecule has 1 atom stereocenters. The maximum atomic E-state index is 6.19. The van der Waals surface area contributed by atoms with Crippen LogP contribution < -0.4 is 4.74 Å². The second kappa shape index (κ2) is 6.55.